The Labute approximate surface area is 109 Å². The number of aromatic nitrogens is 1. The molecule has 0 radical (unpaired) electrons. The van der Waals surface area contributed by atoms with Crippen molar-refractivity contribution in [3.63, 3.8) is 0 Å². The lowest BCUT2D eigenvalue weighted by molar-refractivity contribution is 0.0975. The van der Waals surface area contributed by atoms with Crippen LogP contribution in [-0.2, 0) is 6.54 Å². The Morgan fingerprint density at radius 2 is 2.11 bits per heavy atom. The maximum Gasteiger partial charge on any atom is 0.274 e. The number of Topliss-reactive ketones (excluding diaryl/α,β-unsaturated/α-hetero) is 1. The number of carbonyl (C=O) groups is 1. The molecule has 2 heterocycles. The van der Waals surface area contributed by atoms with E-state index in [1.807, 2.05) is 25.5 Å². The molecule has 18 heavy (non-hydrogen) atoms. The van der Waals surface area contributed by atoms with E-state index in [0.717, 1.165) is 0 Å². The molecule has 0 saturated carbocycles. The van der Waals surface area contributed by atoms with Crippen LogP contribution in [0.5, 0.6) is 0 Å². The second kappa shape index (κ2) is 5.18. The number of nitrogens with zero attached hydrogens (tertiary/aromatic N) is 2. The molecule has 94 valence electrons. The number of hydrogen-bond acceptors (Lipinski definition) is 4. The number of pyridine rings is 1. The van der Waals surface area contributed by atoms with E-state index in [4.69, 9.17) is 0 Å². The van der Waals surface area contributed by atoms with Crippen LogP contribution >= 0.6 is 11.3 Å². The fraction of sp³-hybridized carbons (Fsp3) is 0.231. The summed E-state index contributed by atoms with van der Waals surface area (Å²) in [4.78, 5) is 26.5. The molecule has 0 amide bonds. The van der Waals surface area contributed by atoms with Crippen molar-refractivity contribution in [2.24, 2.45) is 0 Å². The van der Waals surface area contributed by atoms with Crippen LogP contribution in [0, 0.1) is 0 Å². The van der Waals surface area contributed by atoms with E-state index in [1.165, 1.54) is 15.9 Å². The van der Waals surface area contributed by atoms with Crippen molar-refractivity contribution >= 4 is 22.8 Å². The van der Waals surface area contributed by atoms with Gasteiger partial charge in [-0.2, -0.15) is 0 Å². The highest BCUT2D eigenvalue weighted by molar-refractivity contribution is 7.12. The van der Waals surface area contributed by atoms with Crippen LogP contribution in [-0.4, -0.2) is 24.4 Å². The maximum atomic E-state index is 12.1. The predicted octanol–water partition coefficient (Wildman–Crippen LogP) is 1.86. The van der Waals surface area contributed by atoms with Crippen molar-refractivity contribution in [2.75, 3.05) is 19.0 Å². The first-order valence-corrected chi connectivity index (χ1v) is 6.41. The van der Waals surface area contributed by atoms with Gasteiger partial charge in [0.1, 0.15) is 5.69 Å². The third kappa shape index (κ3) is 2.51. The SMILES string of the molecule is CN(C)c1cccn(CC(=O)c2cccs2)c1=O. The Morgan fingerprint density at radius 3 is 2.72 bits per heavy atom. The first-order valence-electron chi connectivity index (χ1n) is 5.53. The van der Waals surface area contributed by atoms with Gasteiger partial charge in [-0.15, -0.1) is 11.3 Å². The van der Waals surface area contributed by atoms with Gasteiger partial charge < -0.3 is 9.47 Å². The van der Waals surface area contributed by atoms with E-state index in [-0.39, 0.29) is 17.9 Å². The summed E-state index contributed by atoms with van der Waals surface area (Å²) in [5, 5.41) is 1.85. The smallest absolute Gasteiger partial charge is 0.274 e. The van der Waals surface area contributed by atoms with Gasteiger partial charge in [0.05, 0.1) is 11.4 Å². The zero-order chi connectivity index (χ0) is 13.1. The molecular weight excluding hydrogens is 248 g/mol. The molecule has 0 N–H and O–H groups in total. The summed E-state index contributed by atoms with van der Waals surface area (Å²) in [6, 6.07) is 7.12. The second-order valence-corrected chi connectivity index (χ2v) is 5.07. The van der Waals surface area contributed by atoms with E-state index in [2.05, 4.69) is 0 Å². The molecular formula is C13H14N2O2S. The third-order valence-electron chi connectivity index (χ3n) is 2.59. The first kappa shape index (κ1) is 12.6. The molecule has 0 fully saturated rings. The fourth-order valence-corrected chi connectivity index (χ4v) is 2.32. The molecule has 0 aliphatic rings. The average Bonchev–Trinajstić information content (AvgIpc) is 2.85. The number of hydrogen-bond donors (Lipinski definition) is 0. The number of carbonyl (C=O) groups excluding carboxylic acids is 1. The molecule has 0 atom stereocenters. The van der Waals surface area contributed by atoms with Gasteiger partial charge in [-0.05, 0) is 23.6 Å². The summed E-state index contributed by atoms with van der Waals surface area (Å²) in [5.74, 6) is -0.0389. The van der Waals surface area contributed by atoms with Gasteiger partial charge in [0.2, 0.25) is 0 Å². The molecule has 0 aromatic carbocycles. The quantitative estimate of drug-likeness (QED) is 0.790. The summed E-state index contributed by atoms with van der Waals surface area (Å²) in [6.07, 6.45) is 1.64. The highest BCUT2D eigenvalue weighted by Crippen LogP contribution is 2.10. The molecule has 2 aromatic rings. The molecule has 0 bridgehead atoms. The van der Waals surface area contributed by atoms with E-state index in [1.54, 1.807) is 29.3 Å². The third-order valence-corrected chi connectivity index (χ3v) is 3.50. The zero-order valence-corrected chi connectivity index (χ0v) is 11.1. The first-order chi connectivity index (χ1) is 8.59. The Kier molecular flexibility index (Phi) is 3.62. The van der Waals surface area contributed by atoms with E-state index >= 15 is 0 Å². The van der Waals surface area contributed by atoms with E-state index in [9.17, 15) is 9.59 Å². The normalized spacial score (nSPS) is 10.3. The summed E-state index contributed by atoms with van der Waals surface area (Å²) in [7, 11) is 3.62. The summed E-state index contributed by atoms with van der Waals surface area (Å²) < 4.78 is 1.44. The van der Waals surface area contributed by atoms with Gasteiger partial charge in [-0.1, -0.05) is 6.07 Å². The van der Waals surface area contributed by atoms with E-state index in [0.29, 0.717) is 10.6 Å². The predicted molar refractivity (Wildman–Crippen MR) is 73.7 cm³/mol. The van der Waals surface area contributed by atoms with Crippen molar-refractivity contribution in [1.29, 1.82) is 0 Å². The van der Waals surface area contributed by atoms with Crippen LogP contribution in [0.15, 0.2) is 40.6 Å². The van der Waals surface area contributed by atoms with Crippen LogP contribution in [0.3, 0.4) is 0 Å². The van der Waals surface area contributed by atoms with Crippen molar-refractivity contribution in [2.45, 2.75) is 6.54 Å². The molecule has 0 aliphatic heterocycles. The highest BCUT2D eigenvalue weighted by atomic mass is 32.1. The van der Waals surface area contributed by atoms with Gasteiger partial charge in [0.25, 0.3) is 5.56 Å². The fourth-order valence-electron chi connectivity index (χ4n) is 1.66. The Hall–Kier alpha value is -1.88. The lowest BCUT2D eigenvalue weighted by atomic mass is 10.3. The molecule has 2 aromatic heterocycles. The lowest BCUT2D eigenvalue weighted by Gasteiger charge is -2.13. The number of rotatable bonds is 4. The molecule has 2 rings (SSSR count). The van der Waals surface area contributed by atoms with Gasteiger partial charge in [-0.25, -0.2) is 0 Å². The average molecular weight is 262 g/mol. The summed E-state index contributed by atoms with van der Waals surface area (Å²) in [6.45, 7) is 0.0844. The van der Waals surface area contributed by atoms with Crippen LogP contribution < -0.4 is 10.5 Å². The summed E-state index contributed by atoms with van der Waals surface area (Å²) >= 11 is 1.39. The maximum absolute atomic E-state index is 12.1. The second-order valence-electron chi connectivity index (χ2n) is 4.12. The Morgan fingerprint density at radius 1 is 1.33 bits per heavy atom. The molecule has 4 nitrogen and oxygen atoms in total. The van der Waals surface area contributed by atoms with Crippen molar-refractivity contribution < 1.29 is 4.79 Å². The molecule has 0 saturated heterocycles. The highest BCUT2D eigenvalue weighted by Gasteiger charge is 2.10. The van der Waals surface area contributed by atoms with Gasteiger partial charge in [0.15, 0.2) is 5.78 Å². The molecule has 0 aliphatic carbocycles. The van der Waals surface area contributed by atoms with Crippen molar-refractivity contribution in [1.82, 2.24) is 4.57 Å². The van der Waals surface area contributed by atoms with Gasteiger partial charge >= 0.3 is 0 Å². The topological polar surface area (TPSA) is 42.3 Å². The largest absolute Gasteiger partial charge is 0.373 e. The minimum absolute atomic E-state index is 0.0389. The number of anilines is 1. The molecule has 0 spiro atoms. The van der Waals surface area contributed by atoms with Crippen LogP contribution in [0.1, 0.15) is 9.67 Å². The standard InChI is InChI=1S/C13H14N2O2S/c1-14(2)10-5-3-7-15(13(10)17)9-11(16)12-6-4-8-18-12/h3-8H,9H2,1-2H3. The minimum atomic E-state index is -0.146. The molecule has 5 heteroatoms. The zero-order valence-electron chi connectivity index (χ0n) is 10.3. The lowest BCUT2D eigenvalue weighted by Crippen LogP contribution is -2.28. The Balaban J connectivity index is 2.28. The van der Waals surface area contributed by atoms with Crippen LogP contribution in [0.25, 0.3) is 0 Å². The van der Waals surface area contributed by atoms with Crippen LogP contribution in [0.2, 0.25) is 0 Å². The number of ketones is 1. The Bertz CT molecular complexity index is 600. The van der Waals surface area contributed by atoms with Gasteiger partial charge in [-0.3, -0.25) is 9.59 Å². The van der Waals surface area contributed by atoms with Crippen molar-refractivity contribution in [3.05, 3.63) is 51.1 Å². The summed E-state index contributed by atoms with van der Waals surface area (Å²) in [5.41, 5.74) is 0.434. The monoisotopic (exact) mass is 262 g/mol. The van der Waals surface area contributed by atoms with Crippen molar-refractivity contribution in [3.8, 4) is 0 Å². The minimum Gasteiger partial charge on any atom is -0.373 e. The van der Waals surface area contributed by atoms with Crippen LogP contribution in [0.4, 0.5) is 5.69 Å². The molecule has 0 unspecified atom stereocenters. The van der Waals surface area contributed by atoms with Gasteiger partial charge in [0, 0.05) is 20.3 Å². The number of thiophene rings is 1. The van der Waals surface area contributed by atoms with E-state index < -0.39 is 0 Å².